The fourth-order valence-corrected chi connectivity index (χ4v) is 2.42. The van der Waals surface area contributed by atoms with Crippen LogP contribution in [0.4, 0.5) is 8.78 Å². The molecule has 3 nitrogen and oxygen atoms in total. The van der Waals surface area contributed by atoms with E-state index in [9.17, 15) is 8.78 Å². The van der Waals surface area contributed by atoms with Crippen molar-refractivity contribution in [1.29, 1.82) is 0 Å². The summed E-state index contributed by atoms with van der Waals surface area (Å²) in [6.45, 7) is 0. The van der Waals surface area contributed by atoms with E-state index < -0.39 is 11.5 Å². The van der Waals surface area contributed by atoms with Gasteiger partial charge in [0.05, 0.1) is 7.11 Å². The van der Waals surface area contributed by atoms with E-state index in [1.165, 1.54) is 7.11 Å². The van der Waals surface area contributed by atoms with Gasteiger partial charge in [0.25, 0.3) is 0 Å². The number of hydrogen-bond donors (Lipinski definition) is 1. The molecule has 6 heteroatoms. The summed E-state index contributed by atoms with van der Waals surface area (Å²) >= 11 is 5.77. The van der Waals surface area contributed by atoms with Crippen molar-refractivity contribution >= 4 is 11.6 Å². The summed E-state index contributed by atoms with van der Waals surface area (Å²) in [5.41, 5.74) is 6.06. The highest BCUT2D eigenvalue weighted by molar-refractivity contribution is 6.29. The minimum atomic E-state index is -2.62. The van der Waals surface area contributed by atoms with E-state index in [1.807, 2.05) is 0 Å². The summed E-state index contributed by atoms with van der Waals surface area (Å²) in [4.78, 5) is 4.02. The van der Waals surface area contributed by atoms with Crippen molar-refractivity contribution in [2.75, 3.05) is 7.11 Å². The standard InChI is InChI=1S/C12H15ClF2N2O/c1-18-10-8(2-3-9(13)17-10)11(16)4-6-12(14,15)7-5-11/h2-3H,4-7,16H2,1H3. The third-order valence-corrected chi connectivity index (χ3v) is 3.64. The summed E-state index contributed by atoms with van der Waals surface area (Å²) in [6, 6.07) is 3.30. The number of pyridine rings is 1. The highest BCUT2D eigenvalue weighted by Gasteiger charge is 2.43. The number of hydrogen-bond acceptors (Lipinski definition) is 3. The molecular weight excluding hydrogens is 262 g/mol. The van der Waals surface area contributed by atoms with Gasteiger partial charge in [-0.25, -0.2) is 13.8 Å². The van der Waals surface area contributed by atoms with Gasteiger partial charge in [0.15, 0.2) is 0 Å². The fraction of sp³-hybridized carbons (Fsp3) is 0.583. The molecule has 1 aliphatic carbocycles. The number of nitrogens with zero attached hydrogens (tertiary/aromatic N) is 1. The molecule has 0 aliphatic heterocycles. The van der Waals surface area contributed by atoms with Crippen LogP contribution in [0.15, 0.2) is 12.1 Å². The van der Waals surface area contributed by atoms with Crippen molar-refractivity contribution in [3.63, 3.8) is 0 Å². The monoisotopic (exact) mass is 276 g/mol. The SMILES string of the molecule is COc1nc(Cl)ccc1C1(N)CCC(F)(F)CC1. The summed E-state index contributed by atoms with van der Waals surface area (Å²) < 4.78 is 31.5. The lowest BCUT2D eigenvalue weighted by Crippen LogP contribution is -2.43. The van der Waals surface area contributed by atoms with Crippen LogP contribution in [0.2, 0.25) is 5.15 Å². The molecule has 1 aromatic rings. The number of methoxy groups -OCH3 is 1. The predicted octanol–water partition coefficient (Wildman–Crippen LogP) is 3.11. The molecule has 0 radical (unpaired) electrons. The third-order valence-electron chi connectivity index (χ3n) is 3.43. The van der Waals surface area contributed by atoms with Gasteiger partial charge >= 0.3 is 0 Å². The normalized spacial score (nSPS) is 21.6. The minimum absolute atomic E-state index is 0.208. The third kappa shape index (κ3) is 2.57. The first-order valence-electron chi connectivity index (χ1n) is 5.74. The Morgan fingerprint density at radius 2 is 1.89 bits per heavy atom. The van der Waals surface area contributed by atoms with Gasteiger partial charge in [-0.2, -0.15) is 0 Å². The molecule has 0 bridgehead atoms. The summed E-state index contributed by atoms with van der Waals surface area (Å²) in [5, 5.41) is 0.292. The van der Waals surface area contributed by atoms with Gasteiger partial charge < -0.3 is 10.5 Å². The van der Waals surface area contributed by atoms with Crippen LogP contribution in [0.3, 0.4) is 0 Å². The summed E-state index contributed by atoms with van der Waals surface area (Å²) in [7, 11) is 1.46. The van der Waals surface area contributed by atoms with Crippen molar-refractivity contribution in [1.82, 2.24) is 4.98 Å². The second kappa shape index (κ2) is 4.63. The van der Waals surface area contributed by atoms with Crippen molar-refractivity contribution in [2.45, 2.75) is 37.1 Å². The van der Waals surface area contributed by atoms with Crippen LogP contribution in [-0.4, -0.2) is 18.0 Å². The molecule has 1 aliphatic rings. The molecule has 0 atom stereocenters. The molecule has 100 valence electrons. The predicted molar refractivity (Wildman–Crippen MR) is 65.1 cm³/mol. The van der Waals surface area contributed by atoms with Gasteiger partial charge in [0.1, 0.15) is 5.15 Å². The quantitative estimate of drug-likeness (QED) is 0.845. The Morgan fingerprint density at radius 3 is 2.44 bits per heavy atom. The molecule has 1 aromatic heterocycles. The van der Waals surface area contributed by atoms with Gasteiger partial charge in [0.2, 0.25) is 11.8 Å². The number of rotatable bonds is 2. The lowest BCUT2D eigenvalue weighted by Gasteiger charge is -2.37. The number of aromatic nitrogens is 1. The number of ether oxygens (including phenoxy) is 1. The van der Waals surface area contributed by atoms with Crippen LogP contribution in [0.5, 0.6) is 5.88 Å². The lowest BCUT2D eigenvalue weighted by molar-refractivity contribution is -0.0517. The van der Waals surface area contributed by atoms with Crippen molar-refractivity contribution < 1.29 is 13.5 Å². The van der Waals surface area contributed by atoms with E-state index in [4.69, 9.17) is 22.1 Å². The highest BCUT2D eigenvalue weighted by Crippen LogP contribution is 2.44. The largest absolute Gasteiger partial charge is 0.481 e. The Labute approximate surface area is 109 Å². The summed E-state index contributed by atoms with van der Waals surface area (Å²) in [6.07, 6.45) is -0.0100. The van der Waals surface area contributed by atoms with E-state index >= 15 is 0 Å². The topological polar surface area (TPSA) is 48.1 Å². The molecule has 2 rings (SSSR count). The molecule has 1 heterocycles. The summed E-state index contributed by atoms with van der Waals surface area (Å²) in [5.74, 6) is -2.30. The van der Waals surface area contributed by atoms with Gasteiger partial charge in [-0.05, 0) is 25.0 Å². The first-order chi connectivity index (χ1) is 8.36. The van der Waals surface area contributed by atoms with Crippen LogP contribution >= 0.6 is 11.6 Å². The number of nitrogens with two attached hydrogens (primary N) is 1. The first kappa shape index (κ1) is 13.5. The Hall–Kier alpha value is -0.940. The van der Waals surface area contributed by atoms with E-state index in [1.54, 1.807) is 12.1 Å². The van der Waals surface area contributed by atoms with Gasteiger partial charge in [-0.1, -0.05) is 11.6 Å². The Morgan fingerprint density at radius 1 is 1.28 bits per heavy atom. The Bertz CT molecular complexity index is 444. The van der Waals surface area contributed by atoms with Crippen molar-refractivity contribution in [3.05, 3.63) is 22.8 Å². The van der Waals surface area contributed by atoms with Gasteiger partial charge in [-0.15, -0.1) is 0 Å². The van der Waals surface area contributed by atoms with Crippen LogP contribution in [0.1, 0.15) is 31.2 Å². The Balaban J connectivity index is 2.31. The van der Waals surface area contributed by atoms with Crippen molar-refractivity contribution in [3.8, 4) is 5.88 Å². The van der Waals surface area contributed by atoms with Crippen LogP contribution in [0.25, 0.3) is 0 Å². The average molecular weight is 277 g/mol. The molecule has 0 aromatic carbocycles. The molecule has 0 spiro atoms. The lowest BCUT2D eigenvalue weighted by atomic mass is 9.76. The fourth-order valence-electron chi connectivity index (χ4n) is 2.28. The Kier molecular flexibility index (Phi) is 3.47. The second-order valence-electron chi connectivity index (χ2n) is 4.70. The zero-order valence-electron chi connectivity index (χ0n) is 10.0. The molecule has 18 heavy (non-hydrogen) atoms. The minimum Gasteiger partial charge on any atom is -0.481 e. The first-order valence-corrected chi connectivity index (χ1v) is 6.12. The second-order valence-corrected chi connectivity index (χ2v) is 5.09. The number of halogens is 3. The van der Waals surface area contributed by atoms with E-state index in [0.717, 1.165) is 0 Å². The zero-order chi connectivity index (χ0) is 13.4. The van der Waals surface area contributed by atoms with Crippen molar-refractivity contribution in [2.24, 2.45) is 5.73 Å². The maximum absolute atomic E-state index is 13.2. The van der Waals surface area contributed by atoms with Gasteiger partial charge in [0, 0.05) is 23.9 Å². The number of alkyl halides is 2. The average Bonchev–Trinajstić information content (AvgIpc) is 2.33. The van der Waals surface area contributed by atoms with Crippen LogP contribution in [-0.2, 0) is 5.54 Å². The molecule has 0 unspecified atom stereocenters. The highest BCUT2D eigenvalue weighted by atomic mass is 35.5. The van der Waals surface area contributed by atoms with E-state index in [2.05, 4.69) is 4.98 Å². The van der Waals surface area contributed by atoms with Crippen LogP contribution in [0, 0.1) is 0 Å². The van der Waals surface area contributed by atoms with Gasteiger partial charge in [-0.3, -0.25) is 0 Å². The maximum Gasteiger partial charge on any atom is 0.248 e. The smallest absolute Gasteiger partial charge is 0.248 e. The maximum atomic E-state index is 13.2. The molecular formula is C12H15ClF2N2O. The molecule has 0 saturated heterocycles. The molecule has 2 N–H and O–H groups in total. The van der Waals surface area contributed by atoms with E-state index in [0.29, 0.717) is 16.6 Å². The van der Waals surface area contributed by atoms with E-state index in [-0.39, 0.29) is 25.7 Å². The molecule has 1 saturated carbocycles. The molecule has 0 amide bonds. The molecule has 1 fully saturated rings. The van der Waals surface area contributed by atoms with Crippen LogP contribution < -0.4 is 10.5 Å². The zero-order valence-corrected chi connectivity index (χ0v) is 10.8.